The predicted octanol–water partition coefficient (Wildman–Crippen LogP) is 3.51. The molecule has 0 unspecified atom stereocenters. The molecular formula is C11H8ClNO3S2. The van der Waals surface area contributed by atoms with Gasteiger partial charge >= 0.3 is 5.97 Å². The number of hydrogen-bond acceptors (Lipinski definition) is 6. The average Bonchev–Trinajstić information content (AvgIpc) is 2.93. The van der Waals surface area contributed by atoms with Gasteiger partial charge in [0.25, 0.3) is 0 Å². The molecule has 18 heavy (non-hydrogen) atoms. The van der Waals surface area contributed by atoms with Crippen molar-refractivity contribution in [3.05, 3.63) is 27.0 Å². The van der Waals surface area contributed by atoms with E-state index in [1.165, 1.54) is 36.7 Å². The Bertz CT molecular complexity index is 618. The van der Waals surface area contributed by atoms with Crippen molar-refractivity contribution >= 4 is 46.0 Å². The smallest absolute Gasteiger partial charge is 0.358 e. The van der Waals surface area contributed by atoms with E-state index in [1.807, 2.05) is 0 Å². The SMILES string of the molecule is COC(=O)c1nc(-c2ccc(Cl)s2)sc1C(C)=O. The zero-order valence-electron chi connectivity index (χ0n) is 9.52. The number of nitrogens with zero attached hydrogens (tertiary/aromatic N) is 1. The maximum atomic E-state index is 11.5. The summed E-state index contributed by atoms with van der Waals surface area (Å²) in [5, 5.41) is 0.595. The van der Waals surface area contributed by atoms with Crippen molar-refractivity contribution in [1.82, 2.24) is 4.98 Å². The molecule has 2 aromatic rings. The van der Waals surface area contributed by atoms with Crippen LogP contribution in [0.5, 0.6) is 0 Å². The summed E-state index contributed by atoms with van der Waals surface area (Å²) in [5.74, 6) is -0.813. The van der Waals surface area contributed by atoms with Crippen molar-refractivity contribution in [3.63, 3.8) is 0 Å². The number of methoxy groups -OCH3 is 1. The molecule has 0 saturated heterocycles. The van der Waals surface area contributed by atoms with Crippen LogP contribution < -0.4 is 0 Å². The molecule has 0 fully saturated rings. The van der Waals surface area contributed by atoms with E-state index in [9.17, 15) is 9.59 Å². The summed E-state index contributed by atoms with van der Waals surface area (Å²) in [5.41, 5.74) is 0.0644. The molecule has 0 saturated carbocycles. The third-order valence-electron chi connectivity index (χ3n) is 2.11. The van der Waals surface area contributed by atoms with Gasteiger partial charge in [0.15, 0.2) is 11.5 Å². The number of rotatable bonds is 3. The first-order chi connectivity index (χ1) is 8.52. The molecule has 0 aliphatic rings. The number of hydrogen-bond donors (Lipinski definition) is 0. The first-order valence-corrected chi connectivity index (χ1v) is 6.89. The van der Waals surface area contributed by atoms with Crippen LogP contribution in [0.15, 0.2) is 12.1 Å². The number of halogens is 1. The Labute approximate surface area is 116 Å². The second-order valence-corrected chi connectivity index (χ2v) is 6.06. The molecular weight excluding hydrogens is 294 g/mol. The molecule has 0 bridgehead atoms. The molecule has 0 amide bonds. The summed E-state index contributed by atoms with van der Waals surface area (Å²) in [4.78, 5) is 28.3. The number of thiophene rings is 1. The van der Waals surface area contributed by atoms with E-state index < -0.39 is 5.97 Å². The van der Waals surface area contributed by atoms with Gasteiger partial charge < -0.3 is 4.74 Å². The van der Waals surface area contributed by atoms with Gasteiger partial charge in [0, 0.05) is 6.92 Å². The van der Waals surface area contributed by atoms with Crippen molar-refractivity contribution < 1.29 is 14.3 Å². The molecule has 0 aliphatic heterocycles. The van der Waals surface area contributed by atoms with Crippen LogP contribution in [0.1, 0.15) is 27.1 Å². The fourth-order valence-electron chi connectivity index (χ4n) is 1.33. The predicted molar refractivity (Wildman–Crippen MR) is 71.8 cm³/mol. The van der Waals surface area contributed by atoms with Crippen LogP contribution in [-0.4, -0.2) is 23.8 Å². The molecule has 94 valence electrons. The molecule has 2 heterocycles. The Kier molecular flexibility index (Phi) is 3.79. The average molecular weight is 302 g/mol. The van der Waals surface area contributed by atoms with Crippen molar-refractivity contribution in [1.29, 1.82) is 0 Å². The van der Waals surface area contributed by atoms with E-state index in [2.05, 4.69) is 9.72 Å². The molecule has 2 rings (SSSR count). The number of carbonyl (C=O) groups excluding carboxylic acids is 2. The third kappa shape index (κ3) is 2.45. The number of ether oxygens (including phenoxy) is 1. The topological polar surface area (TPSA) is 56.3 Å². The Balaban J connectivity index is 2.52. The van der Waals surface area contributed by atoms with Crippen LogP contribution in [0.4, 0.5) is 0 Å². The number of thiazole rings is 1. The summed E-state index contributed by atoms with van der Waals surface area (Å²) in [6.07, 6.45) is 0. The van der Waals surface area contributed by atoms with Gasteiger partial charge in [-0.3, -0.25) is 4.79 Å². The van der Waals surface area contributed by atoms with Gasteiger partial charge in [-0.05, 0) is 12.1 Å². The molecule has 4 nitrogen and oxygen atoms in total. The standard InChI is InChI=1S/C11H8ClNO3S2/c1-5(14)9-8(11(15)16-2)13-10(18-9)6-3-4-7(12)17-6/h3-4H,1-2H3. The fraction of sp³-hybridized carbons (Fsp3) is 0.182. The molecule has 0 N–H and O–H groups in total. The number of Topliss-reactive ketones (excluding diaryl/α,β-unsaturated/α-hetero) is 1. The quantitative estimate of drug-likeness (QED) is 0.643. The van der Waals surface area contributed by atoms with E-state index in [4.69, 9.17) is 11.6 Å². The summed E-state index contributed by atoms with van der Waals surface area (Å²) >= 11 is 8.36. The summed E-state index contributed by atoms with van der Waals surface area (Å²) in [7, 11) is 1.26. The Morgan fingerprint density at radius 1 is 1.33 bits per heavy atom. The van der Waals surface area contributed by atoms with Crippen LogP contribution in [0.25, 0.3) is 9.88 Å². The lowest BCUT2D eigenvalue weighted by Crippen LogP contribution is -2.06. The summed E-state index contributed by atoms with van der Waals surface area (Å²) in [6.45, 7) is 1.39. The van der Waals surface area contributed by atoms with Crippen LogP contribution in [0.3, 0.4) is 0 Å². The van der Waals surface area contributed by atoms with Gasteiger partial charge in [-0.2, -0.15) is 0 Å². The van der Waals surface area contributed by atoms with Crippen LogP contribution >= 0.6 is 34.3 Å². The van der Waals surface area contributed by atoms with E-state index in [0.29, 0.717) is 14.2 Å². The second kappa shape index (κ2) is 5.17. The highest BCUT2D eigenvalue weighted by molar-refractivity contribution is 7.24. The minimum atomic E-state index is -0.606. The first-order valence-electron chi connectivity index (χ1n) is 4.88. The van der Waals surface area contributed by atoms with Crippen LogP contribution in [0.2, 0.25) is 4.34 Å². The highest BCUT2D eigenvalue weighted by atomic mass is 35.5. The van der Waals surface area contributed by atoms with Crippen LogP contribution in [0, 0.1) is 0 Å². The minimum absolute atomic E-state index is 0.0644. The largest absolute Gasteiger partial charge is 0.464 e. The lowest BCUT2D eigenvalue weighted by atomic mass is 10.3. The normalized spacial score (nSPS) is 10.4. The van der Waals surface area contributed by atoms with Crippen molar-refractivity contribution in [2.45, 2.75) is 6.92 Å². The highest BCUT2D eigenvalue weighted by Gasteiger charge is 2.22. The molecule has 7 heteroatoms. The van der Waals surface area contributed by atoms with Gasteiger partial charge in [0.05, 0.1) is 16.3 Å². The van der Waals surface area contributed by atoms with Gasteiger partial charge in [-0.25, -0.2) is 9.78 Å². The molecule has 0 aromatic carbocycles. The van der Waals surface area contributed by atoms with E-state index in [1.54, 1.807) is 12.1 Å². The first kappa shape index (κ1) is 13.2. The lowest BCUT2D eigenvalue weighted by molar-refractivity contribution is 0.0591. The van der Waals surface area contributed by atoms with E-state index in [0.717, 1.165) is 4.88 Å². The Hall–Kier alpha value is -1.24. The number of carbonyl (C=O) groups is 2. The van der Waals surface area contributed by atoms with Crippen molar-refractivity contribution in [2.24, 2.45) is 0 Å². The van der Waals surface area contributed by atoms with Gasteiger partial charge in [0.1, 0.15) is 9.88 Å². The lowest BCUT2D eigenvalue weighted by Gasteiger charge is -1.95. The zero-order chi connectivity index (χ0) is 13.3. The fourth-order valence-corrected chi connectivity index (χ4v) is 3.37. The maximum Gasteiger partial charge on any atom is 0.358 e. The maximum absolute atomic E-state index is 11.5. The number of aromatic nitrogens is 1. The third-order valence-corrected chi connectivity index (χ3v) is 4.67. The van der Waals surface area contributed by atoms with Crippen molar-refractivity contribution in [3.8, 4) is 9.88 Å². The molecule has 0 radical (unpaired) electrons. The van der Waals surface area contributed by atoms with Crippen LogP contribution in [-0.2, 0) is 4.74 Å². The van der Waals surface area contributed by atoms with Crippen molar-refractivity contribution in [2.75, 3.05) is 7.11 Å². The van der Waals surface area contributed by atoms with Gasteiger partial charge in [-0.1, -0.05) is 11.6 Å². The Morgan fingerprint density at radius 3 is 2.56 bits per heavy atom. The van der Waals surface area contributed by atoms with Gasteiger partial charge in [-0.15, -0.1) is 22.7 Å². The van der Waals surface area contributed by atoms with E-state index >= 15 is 0 Å². The molecule has 0 spiro atoms. The summed E-state index contributed by atoms with van der Waals surface area (Å²) < 4.78 is 5.24. The highest BCUT2D eigenvalue weighted by Crippen LogP contribution is 2.35. The molecule has 2 aromatic heterocycles. The number of ketones is 1. The minimum Gasteiger partial charge on any atom is -0.464 e. The number of esters is 1. The monoisotopic (exact) mass is 301 g/mol. The molecule has 0 atom stereocenters. The van der Waals surface area contributed by atoms with E-state index in [-0.39, 0.29) is 11.5 Å². The van der Waals surface area contributed by atoms with Gasteiger partial charge in [0.2, 0.25) is 0 Å². The molecule has 0 aliphatic carbocycles. The zero-order valence-corrected chi connectivity index (χ0v) is 11.9. The Morgan fingerprint density at radius 2 is 2.06 bits per heavy atom. The second-order valence-electron chi connectivity index (χ2n) is 3.35. The summed E-state index contributed by atoms with van der Waals surface area (Å²) in [6, 6.07) is 3.55.